The zero-order valence-electron chi connectivity index (χ0n) is 15.5. The normalized spacial score (nSPS) is 16.8. The number of sulfonamides is 1. The molecule has 140 valence electrons. The average molecular weight is 367 g/mol. The molecule has 0 bridgehead atoms. The Bertz CT molecular complexity index is 693. The summed E-state index contributed by atoms with van der Waals surface area (Å²) in [6, 6.07) is 5.41. The number of nitrogens with one attached hydrogen (secondary N) is 1. The van der Waals surface area contributed by atoms with Crippen LogP contribution in [0.2, 0.25) is 0 Å². The Morgan fingerprint density at radius 1 is 1.20 bits per heavy atom. The van der Waals surface area contributed by atoms with Gasteiger partial charge >= 0.3 is 0 Å². The van der Waals surface area contributed by atoms with Gasteiger partial charge in [-0.05, 0) is 44.7 Å². The molecule has 1 aliphatic heterocycles. The molecule has 0 unspecified atom stereocenters. The maximum Gasteiger partial charge on any atom is 0.243 e. The highest BCUT2D eigenvalue weighted by atomic mass is 32.2. The number of amides is 1. The molecule has 0 radical (unpaired) electrons. The maximum atomic E-state index is 12.9. The molecule has 0 saturated carbocycles. The van der Waals surface area contributed by atoms with Crippen molar-refractivity contribution in [3.63, 3.8) is 0 Å². The molecule has 1 aromatic carbocycles. The highest BCUT2D eigenvalue weighted by Crippen LogP contribution is 2.26. The fraction of sp³-hybridized carbons (Fsp3) is 0.632. The average Bonchev–Trinajstić information content (AvgIpc) is 2.58. The maximum absolute atomic E-state index is 12.9. The number of carbonyl (C=O) groups is 1. The summed E-state index contributed by atoms with van der Waals surface area (Å²) in [4.78, 5) is 12.6. The van der Waals surface area contributed by atoms with E-state index in [1.54, 1.807) is 6.07 Å². The predicted octanol–water partition coefficient (Wildman–Crippen LogP) is 3.01. The standard InChI is InChI=1S/C19H30N2O3S/c1-4-5-6-11-20-19(22)17-9-12-21(13-10-17)25(23,24)18-8-7-15(2)14-16(18)3/h7-8,14,17H,4-6,9-13H2,1-3H3,(H,20,22). The van der Waals surface area contributed by atoms with Crippen molar-refractivity contribution in [1.29, 1.82) is 0 Å². The van der Waals surface area contributed by atoms with Gasteiger partial charge in [-0.25, -0.2) is 8.42 Å². The quantitative estimate of drug-likeness (QED) is 0.754. The van der Waals surface area contributed by atoms with Crippen LogP contribution in [0.25, 0.3) is 0 Å². The number of unbranched alkanes of at least 4 members (excludes halogenated alkanes) is 2. The van der Waals surface area contributed by atoms with Crippen LogP contribution in [0.5, 0.6) is 0 Å². The Morgan fingerprint density at radius 3 is 2.48 bits per heavy atom. The fourth-order valence-electron chi connectivity index (χ4n) is 3.32. The SMILES string of the molecule is CCCCCNC(=O)C1CCN(S(=O)(=O)c2ccc(C)cc2C)CC1. The molecule has 1 saturated heterocycles. The minimum absolute atomic E-state index is 0.0691. The summed E-state index contributed by atoms with van der Waals surface area (Å²) in [7, 11) is -3.48. The Labute approximate surface area is 151 Å². The zero-order valence-corrected chi connectivity index (χ0v) is 16.4. The lowest BCUT2D eigenvalue weighted by Gasteiger charge is -2.31. The molecule has 1 fully saturated rings. The highest BCUT2D eigenvalue weighted by Gasteiger charge is 2.32. The van der Waals surface area contributed by atoms with E-state index >= 15 is 0 Å². The number of hydrogen-bond acceptors (Lipinski definition) is 3. The Morgan fingerprint density at radius 2 is 1.88 bits per heavy atom. The van der Waals surface area contributed by atoms with Gasteiger partial charge in [0.1, 0.15) is 0 Å². The van der Waals surface area contributed by atoms with Crippen molar-refractivity contribution < 1.29 is 13.2 Å². The minimum Gasteiger partial charge on any atom is -0.356 e. The Hall–Kier alpha value is -1.40. The monoisotopic (exact) mass is 366 g/mol. The third-order valence-corrected chi connectivity index (χ3v) is 6.91. The highest BCUT2D eigenvalue weighted by molar-refractivity contribution is 7.89. The Balaban J connectivity index is 1.93. The zero-order chi connectivity index (χ0) is 18.4. The van der Waals surface area contributed by atoms with Gasteiger partial charge < -0.3 is 5.32 Å². The second kappa shape index (κ2) is 8.81. The summed E-state index contributed by atoms with van der Waals surface area (Å²) in [6.07, 6.45) is 4.42. The van der Waals surface area contributed by atoms with E-state index in [9.17, 15) is 13.2 Å². The number of rotatable bonds is 7. The first-order valence-corrected chi connectivity index (χ1v) is 10.7. The molecule has 25 heavy (non-hydrogen) atoms. The Kier molecular flexibility index (Phi) is 7.02. The summed E-state index contributed by atoms with van der Waals surface area (Å²) in [6.45, 7) is 7.44. The molecule has 1 aliphatic rings. The molecular formula is C19H30N2O3S. The lowest BCUT2D eigenvalue weighted by Crippen LogP contribution is -2.43. The third kappa shape index (κ3) is 5.05. The molecular weight excluding hydrogens is 336 g/mol. The van der Waals surface area contributed by atoms with E-state index in [1.807, 2.05) is 26.0 Å². The van der Waals surface area contributed by atoms with E-state index in [4.69, 9.17) is 0 Å². The van der Waals surface area contributed by atoms with Crippen LogP contribution in [0.15, 0.2) is 23.1 Å². The van der Waals surface area contributed by atoms with Crippen LogP contribution in [0.1, 0.15) is 50.2 Å². The van der Waals surface area contributed by atoms with E-state index in [0.717, 1.165) is 30.4 Å². The first kappa shape index (κ1) is 19.9. The van der Waals surface area contributed by atoms with E-state index < -0.39 is 10.0 Å². The first-order valence-electron chi connectivity index (χ1n) is 9.21. The van der Waals surface area contributed by atoms with Gasteiger partial charge in [0.15, 0.2) is 0 Å². The second-order valence-electron chi connectivity index (χ2n) is 6.95. The van der Waals surface area contributed by atoms with Crippen molar-refractivity contribution >= 4 is 15.9 Å². The number of hydrogen-bond donors (Lipinski definition) is 1. The van der Waals surface area contributed by atoms with Crippen molar-refractivity contribution in [2.24, 2.45) is 5.92 Å². The summed E-state index contributed by atoms with van der Waals surface area (Å²) >= 11 is 0. The van der Waals surface area contributed by atoms with Gasteiger partial charge in [-0.1, -0.05) is 37.5 Å². The molecule has 1 heterocycles. The number of piperidine rings is 1. The first-order chi connectivity index (χ1) is 11.9. The molecule has 2 rings (SSSR count). The summed E-state index contributed by atoms with van der Waals surface area (Å²) in [5.74, 6) is -0.00754. The van der Waals surface area contributed by atoms with Gasteiger partial charge in [-0.3, -0.25) is 4.79 Å². The molecule has 0 spiro atoms. The number of benzene rings is 1. The molecule has 0 atom stereocenters. The summed E-state index contributed by atoms with van der Waals surface area (Å²) in [5.41, 5.74) is 1.82. The summed E-state index contributed by atoms with van der Waals surface area (Å²) in [5, 5.41) is 2.98. The van der Waals surface area contributed by atoms with Gasteiger partial charge in [0.05, 0.1) is 4.90 Å². The van der Waals surface area contributed by atoms with Crippen LogP contribution in [0.3, 0.4) is 0 Å². The predicted molar refractivity (Wildman–Crippen MR) is 99.9 cm³/mol. The lowest BCUT2D eigenvalue weighted by atomic mass is 9.97. The third-order valence-electron chi connectivity index (χ3n) is 4.85. The van der Waals surface area contributed by atoms with Crippen LogP contribution >= 0.6 is 0 Å². The summed E-state index contributed by atoms with van der Waals surface area (Å²) < 4.78 is 27.2. The van der Waals surface area contributed by atoms with Gasteiger partial charge in [0, 0.05) is 25.6 Å². The molecule has 0 aromatic heterocycles. The molecule has 1 aromatic rings. The van der Waals surface area contributed by atoms with Gasteiger partial charge in [0.2, 0.25) is 15.9 Å². The van der Waals surface area contributed by atoms with Crippen molar-refractivity contribution in [2.45, 2.75) is 57.8 Å². The number of carbonyl (C=O) groups excluding carboxylic acids is 1. The molecule has 6 heteroatoms. The van der Waals surface area contributed by atoms with Crippen LogP contribution in [0, 0.1) is 19.8 Å². The van der Waals surface area contributed by atoms with Gasteiger partial charge in [-0.15, -0.1) is 0 Å². The van der Waals surface area contributed by atoms with Gasteiger partial charge in [-0.2, -0.15) is 4.31 Å². The molecule has 1 N–H and O–H groups in total. The molecule has 1 amide bonds. The topological polar surface area (TPSA) is 66.5 Å². The fourth-order valence-corrected chi connectivity index (χ4v) is 4.99. The van der Waals surface area contributed by atoms with Crippen LogP contribution < -0.4 is 5.32 Å². The number of aryl methyl sites for hydroxylation is 2. The van der Waals surface area contributed by atoms with Crippen molar-refractivity contribution in [3.8, 4) is 0 Å². The van der Waals surface area contributed by atoms with Crippen molar-refractivity contribution in [3.05, 3.63) is 29.3 Å². The molecule has 5 nitrogen and oxygen atoms in total. The van der Waals surface area contributed by atoms with Crippen molar-refractivity contribution in [2.75, 3.05) is 19.6 Å². The van der Waals surface area contributed by atoms with Crippen molar-refractivity contribution in [1.82, 2.24) is 9.62 Å². The lowest BCUT2D eigenvalue weighted by molar-refractivity contribution is -0.126. The van der Waals surface area contributed by atoms with Gasteiger partial charge in [0.25, 0.3) is 0 Å². The smallest absolute Gasteiger partial charge is 0.243 e. The second-order valence-corrected chi connectivity index (χ2v) is 8.85. The van der Waals surface area contributed by atoms with Crippen LogP contribution in [0.4, 0.5) is 0 Å². The van der Waals surface area contributed by atoms with Crippen LogP contribution in [-0.2, 0) is 14.8 Å². The van der Waals surface area contributed by atoms with E-state index in [-0.39, 0.29) is 11.8 Å². The van der Waals surface area contributed by atoms with E-state index in [2.05, 4.69) is 12.2 Å². The minimum atomic E-state index is -3.48. The number of nitrogens with zero attached hydrogens (tertiary/aromatic N) is 1. The van der Waals surface area contributed by atoms with E-state index in [1.165, 1.54) is 4.31 Å². The van der Waals surface area contributed by atoms with E-state index in [0.29, 0.717) is 37.4 Å². The largest absolute Gasteiger partial charge is 0.356 e. The van der Waals surface area contributed by atoms with Crippen LogP contribution in [-0.4, -0.2) is 38.3 Å². The molecule has 0 aliphatic carbocycles.